The summed E-state index contributed by atoms with van der Waals surface area (Å²) in [5, 5.41) is 56.6. The molecule has 2 fully saturated rings. The Morgan fingerprint density at radius 2 is 1.57 bits per heavy atom. The maximum atomic E-state index is 9.71. The van der Waals surface area contributed by atoms with Gasteiger partial charge in [-0.25, -0.2) is 0 Å². The van der Waals surface area contributed by atoms with Crippen LogP contribution in [0.3, 0.4) is 0 Å². The number of hydrogen-bond acceptors (Lipinski definition) is 9. The molecule has 2 saturated heterocycles. The Morgan fingerprint density at radius 3 is 2.10 bits per heavy atom. The summed E-state index contributed by atoms with van der Waals surface area (Å²) >= 11 is 0. The first-order chi connectivity index (χ1) is 9.45. The smallest absolute Gasteiger partial charge is 0.186 e. The topological polar surface area (TPSA) is 149 Å². The van der Waals surface area contributed by atoms with E-state index in [9.17, 15) is 25.5 Å². The van der Waals surface area contributed by atoms with Crippen LogP contribution >= 0.6 is 0 Å². The quantitative estimate of drug-likeness (QED) is 0.200. The van der Waals surface area contributed by atoms with Crippen molar-refractivity contribution in [2.24, 2.45) is 0 Å². The van der Waals surface area contributed by atoms with Crippen LogP contribution in [-0.2, 0) is 14.2 Å². The van der Waals surface area contributed by atoms with Crippen LogP contribution < -0.4 is 0 Å². The summed E-state index contributed by atoms with van der Waals surface area (Å²) in [5.41, 5.74) is 0. The first kappa shape index (κ1) is 19.7. The van der Waals surface area contributed by atoms with Crippen LogP contribution in [0.25, 0.3) is 0 Å². The Kier molecular flexibility index (Phi) is 8.01. The van der Waals surface area contributed by atoms with Crippen LogP contribution in [0.1, 0.15) is 0 Å². The van der Waals surface area contributed by atoms with Crippen molar-refractivity contribution in [2.75, 3.05) is 13.2 Å². The van der Waals surface area contributed by atoms with Gasteiger partial charge < -0.3 is 44.8 Å². The summed E-state index contributed by atoms with van der Waals surface area (Å²) in [4.78, 5) is 0. The fourth-order valence-corrected chi connectivity index (χ4v) is 2.09. The number of aliphatic hydroxyl groups excluding tert-OH is 6. The van der Waals surface area contributed by atoms with Crippen LogP contribution in [-0.4, -0.2) is 92.9 Å². The van der Waals surface area contributed by atoms with Crippen molar-refractivity contribution < 1.29 is 76.0 Å². The Hall–Kier alpha value is 0.692. The molecule has 2 heterocycles. The maximum absolute atomic E-state index is 9.71. The van der Waals surface area contributed by atoms with E-state index in [2.05, 4.69) is 0 Å². The zero-order valence-electron chi connectivity index (χ0n) is 11.0. The largest absolute Gasteiger partial charge is 0.544 e. The van der Waals surface area contributed by atoms with E-state index >= 15 is 0 Å². The van der Waals surface area contributed by atoms with Gasteiger partial charge in [-0.1, -0.05) is 0 Å². The Balaban J connectivity index is 0.00000220. The molecule has 0 bridgehead atoms. The molecule has 2 aliphatic heterocycles. The summed E-state index contributed by atoms with van der Waals surface area (Å²) in [6.45, 7) is 0.295. The van der Waals surface area contributed by atoms with Gasteiger partial charge in [0.2, 0.25) is 0 Å². The fourth-order valence-electron chi connectivity index (χ4n) is 2.09. The van der Waals surface area contributed by atoms with Crippen molar-refractivity contribution in [2.45, 2.75) is 49.0 Å². The van der Waals surface area contributed by atoms with E-state index in [1.54, 1.807) is 0 Å². The zero-order valence-corrected chi connectivity index (χ0v) is 15.2. The molecule has 2 aliphatic rings. The number of hydrogen-bond donors (Lipinski definition) is 6. The zero-order chi connectivity index (χ0) is 14.9. The van der Waals surface area contributed by atoms with Gasteiger partial charge in [0, 0.05) is 31.1 Å². The molecule has 21 heavy (non-hydrogen) atoms. The molecule has 2 rings (SSSR count). The Morgan fingerprint density at radius 1 is 0.905 bits per heavy atom. The van der Waals surface area contributed by atoms with Crippen molar-refractivity contribution in [1.29, 1.82) is 0 Å². The van der Waals surface area contributed by atoms with Crippen LogP contribution in [0.15, 0.2) is 0 Å². The van der Waals surface area contributed by atoms with Crippen molar-refractivity contribution in [3.05, 3.63) is 6.61 Å². The molecule has 0 amide bonds. The summed E-state index contributed by atoms with van der Waals surface area (Å²) in [6.07, 6.45) is -9.99. The molecule has 0 aliphatic carbocycles. The van der Waals surface area contributed by atoms with Gasteiger partial charge in [-0.2, -0.15) is 6.61 Å². The molecule has 122 valence electrons. The third-order valence-electron chi connectivity index (χ3n) is 3.40. The minimum atomic E-state index is -1.53. The second-order valence-corrected chi connectivity index (χ2v) is 4.82. The van der Waals surface area contributed by atoms with Crippen molar-refractivity contribution >= 4 is 0 Å². The molecule has 0 aromatic carbocycles. The summed E-state index contributed by atoms with van der Waals surface area (Å²) in [7, 11) is 0. The monoisotopic (exact) mass is 533 g/mol. The first-order valence-corrected chi connectivity index (χ1v) is 6.22. The summed E-state index contributed by atoms with van der Waals surface area (Å²) in [6, 6.07) is 0. The van der Waals surface area contributed by atoms with Crippen LogP contribution in [0, 0.1) is 37.7 Å². The minimum absolute atomic E-state index is 0. The molecule has 0 radical (unpaired) electrons. The molecular weight excluding hydrogens is 514 g/mol. The third kappa shape index (κ3) is 4.37. The van der Waals surface area contributed by atoms with Crippen LogP contribution in [0.5, 0.6) is 0 Å². The molecule has 0 saturated carbocycles. The second kappa shape index (κ2) is 8.52. The van der Waals surface area contributed by atoms with E-state index in [4.69, 9.17) is 19.3 Å². The van der Waals surface area contributed by atoms with Crippen molar-refractivity contribution in [3.8, 4) is 0 Å². The second-order valence-electron chi connectivity index (χ2n) is 4.82. The average Bonchev–Trinajstić information content (AvgIpc) is 2.76. The predicted molar refractivity (Wildman–Crippen MR) is 60.9 cm³/mol. The number of aliphatic hydroxyl groups is 6. The van der Waals surface area contributed by atoms with E-state index in [0.717, 1.165) is 6.61 Å². The summed E-state index contributed by atoms with van der Waals surface area (Å²) in [5.74, 6) is 0. The van der Waals surface area contributed by atoms with E-state index in [1.807, 2.05) is 0 Å². The van der Waals surface area contributed by atoms with Gasteiger partial charge in [0.05, 0.1) is 25.4 Å². The van der Waals surface area contributed by atoms with E-state index in [0.29, 0.717) is 0 Å². The van der Waals surface area contributed by atoms with Gasteiger partial charge in [0.25, 0.3) is 0 Å². The minimum Gasteiger partial charge on any atom is -0.544 e. The molecule has 6 N–H and O–H groups in total. The van der Waals surface area contributed by atoms with Gasteiger partial charge in [0.15, 0.2) is 6.29 Å². The molecule has 0 aromatic rings. The molecule has 9 nitrogen and oxygen atoms in total. The molecule has 10 heteroatoms. The number of ether oxygens (including phenoxy) is 3. The first-order valence-electron chi connectivity index (χ1n) is 6.22. The fraction of sp³-hybridized carbons (Fsp3) is 0.909. The Bertz CT molecular complexity index is 318. The molecule has 0 aromatic heterocycles. The predicted octanol–water partition coefficient (Wildman–Crippen LogP) is -3.91. The van der Waals surface area contributed by atoms with Crippen LogP contribution in [0.4, 0.5) is 0 Å². The molecule has 4 unspecified atom stereocenters. The van der Waals surface area contributed by atoms with E-state index < -0.39 is 55.6 Å². The average molecular weight is 533 g/mol. The molecule has 0 spiro atoms. The Labute approximate surface area is 144 Å². The maximum Gasteiger partial charge on any atom is 0.186 e. The molecule has 8 atom stereocenters. The molecular formula is C11H19O9U-. The standard InChI is InChI=1S/C11H19O9.U/c12-1-5-8(15)9(16)10(17)11(20-5)19-3-6-7(14)4(13)2-18-6;/h2,4-17H,1,3H2;/q-1;/t4?,5?,6-,7?,8+,9+,10?,11-;/m1./s1. The van der Waals surface area contributed by atoms with Gasteiger partial charge in [-0.3, -0.25) is 0 Å². The van der Waals surface area contributed by atoms with Crippen LogP contribution in [0.2, 0.25) is 0 Å². The van der Waals surface area contributed by atoms with Gasteiger partial charge in [0.1, 0.15) is 24.4 Å². The summed E-state index contributed by atoms with van der Waals surface area (Å²) < 4.78 is 15.2. The van der Waals surface area contributed by atoms with E-state index in [1.165, 1.54) is 0 Å². The van der Waals surface area contributed by atoms with Gasteiger partial charge in [-0.05, 0) is 6.10 Å². The normalized spacial score (nSPS) is 47.1. The third-order valence-corrected chi connectivity index (χ3v) is 3.40. The van der Waals surface area contributed by atoms with E-state index in [-0.39, 0.29) is 37.7 Å². The van der Waals surface area contributed by atoms with Crippen molar-refractivity contribution in [3.63, 3.8) is 0 Å². The van der Waals surface area contributed by atoms with Gasteiger partial charge in [-0.15, -0.1) is 0 Å². The van der Waals surface area contributed by atoms with Gasteiger partial charge >= 0.3 is 0 Å². The SMILES string of the molecule is OCC1O[C@@H](OC[C@H]2O[CH-]C(O)C2O)C(O)[C@@H](O)[C@H]1O.[U]. The van der Waals surface area contributed by atoms with Crippen molar-refractivity contribution in [1.82, 2.24) is 0 Å². The number of rotatable bonds is 4.